The predicted molar refractivity (Wildman–Crippen MR) is 117 cm³/mol. The number of benzene rings is 2. The summed E-state index contributed by atoms with van der Waals surface area (Å²) in [4.78, 5) is 29.3. The third-order valence-corrected chi connectivity index (χ3v) is 5.78. The first-order valence-corrected chi connectivity index (χ1v) is 10.5. The number of likely N-dealkylation sites (N-methyl/N-ethyl adjacent to an activating group) is 1. The Hall–Kier alpha value is -2.81. The van der Waals surface area contributed by atoms with E-state index >= 15 is 0 Å². The number of piperazine rings is 1. The van der Waals surface area contributed by atoms with Gasteiger partial charge in [0.1, 0.15) is 0 Å². The highest BCUT2D eigenvalue weighted by Crippen LogP contribution is 2.35. The molecule has 4 rings (SSSR count). The number of fused-ring (bicyclic) bond motifs is 1. The summed E-state index contributed by atoms with van der Waals surface area (Å²) >= 11 is 5.86. The zero-order valence-corrected chi connectivity index (χ0v) is 18.0. The van der Waals surface area contributed by atoms with Crippen molar-refractivity contribution in [2.75, 3.05) is 51.9 Å². The van der Waals surface area contributed by atoms with Crippen molar-refractivity contribution in [3.63, 3.8) is 0 Å². The molecule has 9 heteroatoms. The molecule has 2 N–H and O–H groups in total. The van der Waals surface area contributed by atoms with Gasteiger partial charge in [0, 0.05) is 43.4 Å². The van der Waals surface area contributed by atoms with Crippen molar-refractivity contribution in [3.05, 3.63) is 53.1 Å². The van der Waals surface area contributed by atoms with Crippen LogP contribution in [0, 0.1) is 0 Å². The molecule has 164 valence electrons. The average molecular weight is 445 g/mol. The Morgan fingerprint density at radius 2 is 1.71 bits per heavy atom. The van der Waals surface area contributed by atoms with Crippen LogP contribution >= 0.6 is 11.6 Å². The number of ether oxygens (including phenoxy) is 2. The standard InChI is InChI=1S/C22H25ClN4O4/c1-26-8-10-27(11-9-26)18(15-2-7-19-20(12-15)31-14-30-19)13-24-21(28)22(29)25-17-5-3-16(23)4-6-17/h2-7,12,18H,8-11,13-14H2,1H3,(H,24,28)(H,25,29). The third kappa shape index (κ3) is 5.28. The van der Waals surface area contributed by atoms with Crippen LogP contribution in [0.1, 0.15) is 11.6 Å². The summed E-state index contributed by atoms with van der Waals surface area (Å²) in [6.07, 6.45) is 0. The molecule has 31 heavy (non-hydrogen) atoms. The lowest BCUT2D eigenvalue weighted by molar-refractivity contribution is -0.136. The van der Waals surface area contributed by atoms with Crippen LogP contribution in [0.5, 0.6) is 11.5 Å². The monoisotopic (exact) mass is 444 g/mol. The molecule has 0 saturated carbocycles. The third-order valence-electron chi connectivity index (χ3n) is 5.52. The van der Waals surface area contributed by atoms with Crippen LogP contribution in [-0.2, 0) is 9.59 Å². The Labute approximate surface area is 186 Å². The highest BCUT2D eigenvalue weighted by molar-refractivity contribution is 6.39. The van der Waals surface area contributed by atoms with Gasteiger partial charge in [-0.15, -0.1) is 0 Å². The highest BCUT2D eigenvalue weighted by Gasteiger charge is 2.27. The van der Waals surface area contributed by atoms with Crippen LogP contribution in [0.15, 0.2) is 42.5 Å². The van der Waals surface area contributed by atoms with Crippen LogP contribution in [0.3, 0.4) is 0 Å². The normalized spacial score (nSPS) is 17.2. The number of halogens is 1. The summed E-state index contributed by atoms with van der Waals surface area (Å²) in [6, 6.07) is 12.3. The van der Waals surface area contributed by atoms with E-state index in [2.05, 4.69) is 27.5 Å². The lowest BCUT2D eigenvalue weighted by Crippen LogP contribution is -2.49. The molecule has 2 aromatic carbocycles. The number of hydrogen-bond donors (Lipinski definition) is 2. The molecule has 2 heterocycles. The minimum Gasteiger partial charge on any atom is -0.454 e. The Bertz CT molecular complexity index is 945. The molecule has 2 amide bonds. The number of rotatable bonds is 5. The fourth-order valence-corrected chi connectivity index (χ4v) is 3.83. The van der Waals surface area contributed by atoms with Gasteiger partial charge in [0.2, 0.25) is 6.79 Å². The van der Waals surface area contributed by atoms with Crippen molar-refractivity contribution in [1.29, 1.82) is 0 Å². The van der Waals surface area contributed by atoms with E-state index in [9.17, 15) is 9.59 Å². The molecule has 8 nitrogen and oxygen atoms in total. The molecule has 2 aliphatic heterocycles. The van der Waals surface area contributed by atoms with E-state index in [1.165, 1.54) is 0 Å². The Kier molecular flexibility index (Phi) is 6.60. The van der Waals surface area contributed by atoms with E-state index in [4.69, 9.17) is 21.1 Å². The summed E-state index contributed by atoms with van der Waals surface area (Å²) < 4.78 is 10.9. The molecule has 2 aliphatic rings. The molecule has 1 unspecified atom stereocenters. The van der Waals surface area contributed by atoms with E-state index in [1.807, 2.05) is 18.2 Å². The van der Waals surface area contributed by atoms with Gasteiger partial charge in [0.05, 0.1) is 6.04 Å². The Morgan fingerprint density at radius 1 is 1.00 bits per heavy atom. The van der Waals surface area contributed by atoms with Gasteiger partial charge < -0.3 is 25.0 Å². The topological polar surface area (TPSA) is 83.1 Å². The summed E-state index contributed by atoms with van der Waals surface area (Å²) in [5, 5.41) is 5.93. The molecule has 0 aliphatic carbocycles. The number of carbonyl (C=O) groups is 2. The van der Waals surface area contributed by atoms with Crippen molar-refractivity contribution in [2.45, 2.75) is 6.04 Å². The number of anilines is 1. The second kappa shape index (κ2) is 9.55. The number of hydrogen-bond acceptors (Lipinski definition) is 6. The Balaban J connectivity index is 1.43. The predicted octanol–water partition coefficient (Wildman–Crippen LogP) is 2.11. The van der Waals surface area contributed by atoms with Crippen molar-refractivity contribution in [3.8, 4) is 11.5 Å². The van der Waals surface area contributed by atoms with Crippen molar-refractivity contribution < 1.29 is 19.1 Å². The smallest absolute Gasteiger partial charge is 0.313 e. The van der Waals surface area contributed by atoms with Gasteiger partial charge in [-0.25, -0.2) is 0 Å². The lowest BCUT2D eigenvalue weighted by Gasteiger charge is -2.38. The molecular weight excluding hydrogens is 420 g/mol. The molecular formula is C22H25ClN4O4. The summed E-state index contributed by atoms with van der Waals surface area (Å²) in [5.74, 6) is 0.00986. The zero-order valence-electron chi connectivity index (χ0n) is 17.3. The largest absolute Gasteiger partial charge is 0.454 e. The van der Waals surface area contributed by atoms with Gasteiger partial charge in [-0.05, 0) is 49.0 Å². The molecule has 0 spiro atoms. The van der Waals surface area contributed by atoms with E-state index in [0.29, 0.717) is 28.8 Å². The summed E-state index contributed by atoms with van der Waals surface area (Å²) in [6.45, 7) is 4.11. The fourth-order valence-electron chi connectivity index (χ4n) is 3.70. The SMILES string of the molecule is CN1CCN(C(CNC(=O)C(=O)Nc2ccc(Cl)cc2)c2ccc3c(c2)OCO3)CC1. The highest BCUT2D eigenvalue weighted by atomic mass is 35.5. The van der Waals surface area contributed by atoms with Crippen LogP contribution in [0.25, 0.3) is 0 Å². The van der Waals surface area contributed by atoms with E-state index in [-0.39, 0.29) is 12.8 Å². The van der Waals surface area contributed by atoms with Crippen molar-refractivity contribution >= 4 is 29.1 Å². The minimum absolute atomic E-state index is 0.0875. The second-order valence-corrected chi connectivity index (χ2v) is 8.08. The molecule has 1 saturated heterocycles. The van der Waals surface area contributed by atoms with Crippen LogP contribution in [0.2, 0.25) is 5.02 Å². The van der Waals surface area contributed by atoms with E-state index in [0.717, 1.165) is 31.7 Å². The average Bonchev–Trinajstić information content (AvgIpc) is 3.24. The maximum atomic E-state index is 12.5. The number of nitrogens with one attached hydrogen (secondary N) is 2. The number of amides is 2. The maximum absolute atomic E-state index is 12.5. The molecule has 0 bridgehead atoms. The summed E-state index contributed by atoms with van der Waals surface area (Å²) in [7, 11) is 2.09. The number of carbonyl (C=O) groups excluding carboxylic acids is 2. The minimum atomic E-state index is -0.717. The van der Waals surface area contributed by atoms with Gasteiger partial charge in [-0.1, -0.05) is 17.7 Å². The van der Waals surface area contributed by atoms with Crippen molar-refractivity contribution in [1.82, 2.24) is 15.1 Å². The summed E-state index contributed by atoms with van der Waals surface area (Å²) in [5.41, 5.74) is 1.52. The molecule has 1 atom stereocenters. The van der Waals surface area contributed by atoms with Crippen LogP contribution in [0.4, 0.5) is 5.69 Å². The van der Waals surface area contributed by atoms with Crippen molar-refractivity contribution in [2.24, 2.45) is 0 Å². The first-order valence-electron chi connectivity index (χ1n) is 10.2. The second-order valence-electron chi connectivity index (χ2n) is 7.64. The maximum Gasteiger partial charge on any atom is 0.313 e. The van der Waals surface area contributed by atoms with Gasteiger partial charge in [-0.3, -0.25) is 14.5 Å². The molecule has 0 radical (unpaired) electrons. The number of nitrogens with zero attached hydrogens (tertiary/aromatic N) is 2. The van der Waals surface area contributed by atoms with Gasteiger partial charge in [0.25, 0.3) is 0 Å². The van der Waals surface area contributed by atoms with Gasteiger partial charge >= 0.3 is 11.8 Å². The zero-order chi connectivity index (χ0) is 21.8. The van der Waals surface area contributed by atoms with Gasteiger partial charge in [-0.2, -0.15) is 0 Å². The molecule has 2 aromatic rings. The van der Waals surface area contributed by atoms with Gasteiger partial charge in [0.15, 0.2) is 11.5 Å². The lowest BCUT2D eigenvalue weighted by atomic mass is 10.0. The molecule has 0 aromatic heterocycles. The van der Waals surface area contributed by atoms with Crippen LogP contribution < -0.4 is 20.1 Å². The Morgan fingerprint density at radius 3 is 2.45 bits per heavy atom. The molecule has 1 fully saturated rings. The van der Waals surface area contributed by atoms with E-state index in [1.54, 1.807) is 24.3 Å². The van der Waals surface area contributed by atoms with E-state index < -0.39 is 11.8 Å². The fraction of sp³-hybridized carbons (Fsp3) is 0.364. The first-order chi connectivity index (χ1) is 15.0. The van der Waals surface area contributed by atoms with Crippen LogP contribution in [-0.4, -0.2) is 68.2 Å². The first kappa shape index (κ1) is 21.4. The quantitative estimate of drug-likeness (QED) is 0.687.